The van der Waals surface area contributed by atoms with E-state index in [0.717, 1.165) is 14.2 Å². The molecule has 25 heavy (non-hydrogen) atoms. The summed E-state index contributed by atoms with van der Waals surface area (Å²) >= 11 is 0. The van der Waals surface area contributed by atoms with E-state index in [4.69, 9.17) is 0 Å². The Balaban J connectivity index is 4.16. The maximum atomic E-state index is 11.4. The minimum Gasteiger partial charge on any atom is -0.272 e. The van der Waals surface area contributed by atoms with E-state index in [1.165, 1.54) is 0 Å². The van der Waals surface area contributed by atoms with Gasteiger partial charge in [0.2, 0.25) is 0 Å². The van der Waals surface area contributed by atoms with Crippen molar-refractivity contribution >= 4 is 40.5 Å². The van der Waals surface area contributed by atoms with Crippen LogP contribution in [0.2, 0.25) is 0 Å². The highest BCUT2D eigenvalue weighted by atomic mass is 32.2. The lowest BCUT2D eigenvalue weighted by atomic mass is 10.3. The lowest BCUT2D eigenvalue weighted by Gasteiger charge is -2.06. The average molecular weight is 449 g/mol. The smallest absolute Gasteiger partial charge is 0.272 e. The van der Waals surface area contributed by atoms with Crippen molar-refractivity contribution in [2.75, 3.05) is 37.6 Å². The summed E-state index contributed by atoms with van der Waals surface area (Å²) in [5, 5.41) is 0. The van der Waals surface area contributed by atoms with Crippen molar-refractivity contribution in [1.29, 1.82) is 0 Å². The highest BCUT2D eigenvalue weighted by Gasteiger charge is 2.19. The molecule has 12 nitrogen and oxygen atoms in total. The van der Waals surface area contributed by atoms with E-state index in [1.807, 2.05) is 0 Å². The van der Waals surface area contributed by atoms with Gasteiger partial charge in [0.25, 0.3) is 40.5 Å². The molecule has 0 aliphatic carbocycles. The van der Waals surface area contributed by atoms with Crippen LogP contribution in [0, 0.1) is 0 Å². The Morgan fingerprint density at radius 3 is 1.12 bits per heavy atom. The Bertz CT molecular complexity index is 736. The zero-order valence-corrected chi connectivity index (χ0v) is 16.7. The molecule has 0 aromatic heterocycles. The van der Waals surface area contributed by atoms with Gasteiger partial charge in [-0.05, 0) is 12.8 Å². The van der Waals surface area contributed by atoms with Crippen molar-refractivity contribution in [2.45, 2.75) is 19.3 Å². The van der Waals surface area contributed by atoms with Crippen molar-refractivity contribution < 1.29 is 50.4 Å². The van der Waals surface area contributed by atoms with Crippen LogP contribution in [0.15, 0.2) is 0 Å². The van der Waals surface area contributed by atoms with Crippen molar-refractivity contribution in [3.8, 4) is 0 Å². The second-order valence-corrected chi connectivity index (χ2v) is 11.4. The highest BCUT2D eigenvalue weighted by Crippen LogP contribution is 2.07. The molecule has 0 spiro atoms. The molecule has 0 aliphatic heterocycles. The molecule has 0 amide bonds. The summed E-state index contributed by atoms with van der Waals surface area (Å²) in [6.07, 6.45) is 0.141. The van der Waals surface area contributed by atoms with Crippen LogP contribution in [-0.4, -0.2) is 71.3 Å². The summed E-state index contributed by atoms with van der Waals surface area (Å²) < 4.78 is 106. The summed E-state index contributed by atoms with van der Waals surface area (Å²) in [4.78, 5) is 0. The molecule has 0 rings (SSSR count). The Morgan fingerprint density at radius 2 is 0.840 bits per heavy atom. The molecule has 152 valence electrons. The first-order valence-corrected chi connectivity index (χ1v) is 12.9. The van der Waals surface area contributed by atoms with Gasteiger partial charge in [0.05, 0.1) is 25.7 Å². The molecule has 0 saturated heterocycles. The second kappa shape index (κ2) is 10.1. The van der Waals surface area contributed by atoms with Gasteiger partial charge in [0, 0.05) is 0 Å². The van der Waals surface area contributed by atoms with Crippen molar-refractivity contribution in [2.24, 2.45) is 0 Å². The van der Waals surface area contributed by atoms with E-state index >= 15 is 0 Å². The molecule has 0 radical (unpaired) electrons. The van der Waals surface area contributed by atoms with Gasteiger partial charge in [-0.2, -0.15) is 33.7 Å². The minimum absolute atomic E-state index is 0.00124. The Morgan fingerprint density at radius 1 is 0.520 bits per heavy atom. The third-order valence-corrected chi connectivity index (χ3v) is 7.20. The monoisotopic (exact) mass is 448 g/mol. The van der Waals surface area contributed by atoms with Gasteiger partial charge in [-0.15, -0.1) is 0 Å². The summed E-state index contributed by atoms with van der Waals surface area (Å²) in [5.74, 6) is -3.35. The van der Waals surface area contributed by atoms with E-state index in [2.05, 4.69) is 16.7 Å². The third kappa shape index (κ3) is 12.6. The highest BCUT2D eigenvalue weighted by molar-refractivity contribution is 7.90. The number of hydrogen-bond acceptors (Lipinski definition) is 12. The quantitative estimate of drug-likeness (QED) is 0.228. The summed E-state index contributed by atoms with van der Waals surface area (Å²) in [7, 11) is -14.7. The van der Waals surface area contributed by atoms with E-state index in [9.17, 15) is 33.7 Å². The maximum Gasteiger partial charge on any atom is 0.293 e. The molecule has 0 N–H and O–H groups in total. The van der Waals surface area contributed by atoms with Crippen LogP contribution in [0.25, 0.3) is 0 Å². The molecule has 0 unspecified atom stereocenters. The van der Waals surface area contributed by atoms with Crippen LogP contribution >= 0.6 is 0 Å². The fourth-order valence-electron chi connectivity index (χ4n) is 1.21. The van der Waals surface area contributed by atoms with Gasteiger partial charge in [-0.25, -0.2) is 0 Å². The molecular weight excluding hydrogens is 428 g/mol. The van der Waals surface area contributed by atoms with E-state index in [0.29, 0.717) is 0 Å². The molecule has 0 aliphatic rings. The molecule has 0 aromatic carbocycles. The van der Waals surface area contributed by atoms with Gasteiger partial charge in [0.15, 0.2) is 11.9 Å². The molecule has 0 bridgehead atoms. The zero-order valence-electron chi connectivity index (χ0n) is 13.5. The third-order valence-electron chi connectivity index (χ3n) is 2.54. The first-order chi connectivity index (χ1) is 11.2. The fourth-order valence-corrected chi connectivity index (χ4v) is 4.87. The van der Waals surface area contributed by atoms with Gasteiger partial charge in [-0.1, -0.05) is 6.42 Å². The Kier molecular flexibility index (Phi) is 9.95. The van der Waals surface area contributed by atoms with Crippen LogP contribution in [0.5, 0.6) is 0 Å². The van der Waals surface area contributed by atoms with Crippen molar-refractivity contribution in [3.05, 3.63) is 0 Å². The SMILES string of the molecule is COS(=O)(=O)COS(=O)(=O)CCCCCS(=O)(=O)OCS(=O)(=O)OC. The zero-order chi connectivity index (χ0) is 19.8. The van der Waals surface area contributed by atoms with Gasteiger partial charge < -0.3 is 0 Å². The Labute approximate surface area is 147 Å². The number of rotatable bonds is 14. The first-order valence-electron chi connectivity index (χ1n) is 6.55. The normalized spacial score (nSPS) is 13.8. The summed E-state index contributed by atoms with van der Waals surface area (Å²) in [5.41, 5.74) is 0. The van der Waals surface area contributed by atoms with Gasteiger partial charge in [-0.3, -0.25) is 16.7 Å². The van der Waals surface area contributed by atoms with Crippen molar-refractivity contribution in [1.82, 2.24) is 0 Å². The molecule has 0 aromatic rings. The molecule has 0 atom stereocenters. The van der Waals surface area contributed by atoms with Crippen LogP contribution in [0.3, 0.4) is 0 Å². The van der Waals surface area contributed by atoms with E-state index < -0.39 is 63.9 Å². The fraction of sp³-hybridized carbons (Fsp3) is 1.00. The molecule has 0 fully saturated rings. The topological polar surface area (TPSA) is 173 Å². The Hall–Kier alpha value is -0.360. The lowest BCUT2D eigenvalue weighted by Crippen LogP contribution is -2.19. The summed E-state index contributed by atoms with van der Waals surface area (Å²) in [6.45, 7) is 0. The van der Waals surface area contributed by atoms with Crippen LogP contribution < -0.4 is 0 Å². The molecule has 0 saturated carbocycles. The number of hydrogen-bond donors (Lipinski definition) is 0. The average Bonchev–Trinajstić information content (AvgIpc) is 2.51. The van der Waals surface area contributed by atoms with E-state index in [1.54, 1.807) is 0 Å². The van der Waals surface area contributed by atoms with Crippen LogP contribution in [0.1, 0.15) is 19.3 Å². The van der Waals surface area contributed by atoms with Gasteiger partial charge >= 0.3 is 0 Å². The molecule has 16 heteroatoms. The number of unbranched alkanes of at least 4 members (excludes halogenated alkanes) is 2. The first kappa shape index (κ1) is 24.6. The van der Waals surface area contributed by atoms with Crippen LogP contribution in [-0.2, 0) is 57.2 Å². The second-order valence-electron chi connectivity index (χ2n) is 4.50. The summed E-state index contributed by atoms with van der Waals surface area (Å²) in [6, 6.07) is 0. The predicted octanol–water partition coefficient (Wildman–Crippen LogP) is -1.28. The predicted molar refractivity (Wildman–Crippen MR) is 85.2 cm³/mol. The van der Waals surface area contributed by atoms with Gasteiger partial charge in [0.1, 0.15) is 0 Å². The van der Waals surface area contributed by atoms with E-state index in [-0.39, 0.29) is 19.3 Å². The standard InChI is InChI=1S/C9H20O12S4/c1-18-24(14,15)8-20-22(10,11)6-4-3-5-7-23(12,13)21-9-25(16,17)19-2/h3-9H2,1-2H3. The minimum atomic E-state index is -4.11. The largest absolute Gasteiger partial charge is 0.293 e. The lowest BCUT2D eigenvalue weighted by molar-refractivity contribution is 0.326. The molecular formula is C9H20O12S4. The maximum absolute atomic E-state index is 11.4. The van der Waals surface area contributed by atoms with Crippen LogP contribution in [0.4, 0.5) is 0 Å². The molecule has 0 heterocycles. The van der Waals surface area contributed by atoms with Crippen molar-refractivity contribution in [3.63, 3.8) is 0 Å².